The van der Waals surface area contributed by atoms with E-state index in [4.69, 9.17) is 0 Å². The number of nitrogens with one attached hydrogen (secondary N) is 1. The molecule has 0 radical (unpaired) electrons. The van der Waals surface area contributed by atoms with Crippen LogP contribution in [0.4, 0.5) is 4.39 Å². The number of hydrogen-bond acceptors (Lipinski definition) is 2. The van der Waals surface area contributed by atoms with E-state index in [1.54, 1.807) is 17.0 Å². The second-order valence-corrected chi connectivity index (χ2v) is 6.18. The highest BCUT2D eigenvalue weighted by Crippen LogP contribution is 2.27. The highest BCUT2D eigenvalue weighted by Gasteiger charge is 2.29. The van der Waals surface area contributed by atoms with Crippen molar-refractivity contribution in [2.45, 2.75) is 38.1 Å². The maximum atomic E-state index is 13.7. The second-order valence-electron chi connectivity index (χ2n) is 6.18. The minimum atomic E-state index is -0.479. The fourth-order valence-corrected chi connectivity index (χ4v) is 3.02. The Labute approximate surface area is 129 Å². The average molecular weight is 304 g/mol. The number of rotatable bonds is 3. The zero-order chi connectivity index (χ0) is 15.5. The van der Waals surface area contributed by atoms with Crippen LogP contribution < -0.4 is 5.32 Å². The van der Waals surface area contributed by atoms with Gasteiger partial charge in [-0.15, -0.1) is 0 Å². The molecule has 22 heavy (non-hydrogen) atoms. The Bertz CT molecular complexity index is 564. The normalized spacial score (nSPS) is 19.6. The van der Waals surface area contributed by atoms with Crippen molar-refractivity contribution in [3.63, 3.8) is 0 Å². The van der Waals surface area contributed by atoms with E-state index in [1.165, 1.54) is 12.1 Å². The Balaban J connectivity index is 1.52. The summed E-state index contributed by atoms with van der Waals surface area (Å²) in [6.45, 7) is 1.12. The molecule has 4 nitrogen and oxygen atoms in total. The largest absolute Gasteiger partial charge is 0.353 e. The molecule has 0 spiro atoms. The first-order valence-electron chi connectivity index (χ1n) is 7.99. The van der Waals surface area contributed by atoms with Crippen LogP contribution in [0.1, 0.15) is 42.5 Å². The third kappa shape index (κ3) is 3.13. The summed E-state index contributed by atoms with van der Waals surface area (Å²) in [5.74, 6) is -0.391. The van der Waals surface area contributed by atoms with Crippen molar-refractivity contribution >= 4 is 11.8 Å². The standard InChI is InChI=1S/C17H21FN2O2/c18-15-7-2-1-6-14(15)17(22)20-10-8-13(9-11-20)19-16(21)12-4-3-5-12/h1-2,6-7,12-13H,3-5,8-11H2,(H,19,21). The SMILES string of the molecule is O=C(NC1CCN(C(=O)c2ccccc2F)CC1)C1CCC1. The number of nitrogens with zero attached hydrogens (tertiary/aromatic N) is 1. The van der Waals surface area contributed by atoms with Crippen LogP contribution in [0.25, 0.3) is 0 Å². The van der Waals surface area contributed by atoms with Crippen LogP contribution >= 0.6 is 0 Å². The van der Waals surface area contributed by atoms with E-state index in [2.05, 4.69) is 5.32 Å². The van der Waals surface area contributed by atoms with E-state index in [1.807, 2.05) is 0 Å². The molecule has 1 aromatic rings. The van der Waals surface area contributed by atoms with Gasteiger partial charge in [0.25, 0.3) is 5.91 Å². The van der Waals surface area contributed by atoms with Crippen molar-refractivity contribution in [3.05, 3.63) is 35.6 Å². The van der Waals surface area contributed by atoms with E-state index >= 15 is 0 Å². The number of amides is 2. The zero-order valence-corrected chi connectivity index (χ0v) is 12.6. The molecular formula is C17H21FN2O2. The Kier molecular flexibility index (Phi) is 4.41. The molecule has 2 aliphatic rings. The van der Waals surface area contributed by atoms with Gasteiger partial charge in [-0.2, -0.15) is 0 Å². The third-order valence-corrected chi connectivity index (χ3v) is 4.71. The van der Waals surface area contributed by atoms with Crippen molar-refractivity contribution < 1.29 is 14.0 Å². The number of piperidine rings is 1. The first-order valence-corrected chi connectivity index (χ1v) is 7.99. The average Bonchev–Trinajstić information content (AvgIpc) is 2.46. The highest BCUT2D eigenvalue weighted by atomic mass is 19.1. The predicted octanol–water partition coefficient (Wildman–Crippen LogP) is 2.35. The molecule has 1 heterocycles. The molecule has 3 rings (SSSR count). The van der Waals surface area contributed by atoms with Crippen molar-refractivity contribution in [1.29, 1.82) is 0 Å². The van der Waals surface area contributed by atoms with Gasteiger partial charge in [-0.05, 0) is 37.8 Å². The van der Waals surface area contributed by atoms with E-state index in [-0.39, 0.29) is 29.3 Å². The van der Waals surface area contributed by atoms with Gasteiger partial charge in [-0.25, -0.2) is 4.39 Å². The van der Waals surface area contributed by atoms with Crippen LogP contribution in [-0.2, 0) is 4.79 Å². The smallest absolute Gasteiger partial charge is 0.256 e. The Morgan fingerprint density at radius 3 is 2.36 bits per heavy atom. The highest BCUT2D eigenvalue weighted by molar-refractivity contribution is 5.94. The van der Waals surface area contributed by atoms with Crippen molar-refractivity contribution in [2.24, 2.45) is 5.92 Å². The van der Waals surface area contributed by atoms with Gasteiger partial charge in [0.05, 0.1) is 5.56 Å². The first-order chi connectivity index (χ1) is 10.6. The lowest BCUT2D eigenvalue weighted by Crippen LogP contribution is -2.48. The van der Waals surface area contributed by atoms with Crippen LogP contribution in [0, 0.1) is 11.7 Å². The fraction of sp³-hybridized carbons (Fsp3) is 0.529. The van der Waals surface area contributed by atoms with Crippen LogP contribution in [-0.4, -0.2) is 35.8 Å². The molecule has 118 valence electrons. The Hall–Kier alpha value is -1.91. The van der Waals surface area contributed by atoms with Crippen molar-refractivity contribution in [2.75, 3.05) is 13.1 Å². The monoisotopic (exact) mass is 304 g/mol. The summed E-state index contributed by atoms with van der Waals surface area (Å²) in [5, 5.41) is 3.08. The summed E-state index contributed by atoms with van der Waals surface area (Å²) < 4.78 is 13.7. The second kappa shape index (κ2) is 6.46. The van der Waals surface area contributed by atoms with Gasteiger partial charge in [0, 0.05) is 25.0 Å². The summed E-state index contributed by atoms with van der Waals surface area (Å²) in [4.78, 5) is 25.9. The summed E-state index contributed by atoms with van der Waals surface area (Å²) in [6, 6.07) is 6.20. The number of carbonyl (C=O) groups excluding carboxylic acids is 2. The summed E-state index contributed by atoms with van der Waals surface area (Å²) in [5.41, 5.74) is 0.124. The zero-order valence-electron chi connectivity index (χ0n) is 12.6. The summed E-state index contributed by atoms with van der Waals surface area (Å²) in [7, 11) is 0. The molecule has 1 N–H and O–H groups in total. The predicted molar refractivity (Wildman–Crippen MR) is 80.8 cm³/mol. The topological polar surface area (TPSA) is 49.4 Å². The molecule has 2 fully saturated rings. The van der Waals surface area contributed by atoms with E-state index in [0.29, 0.717) is 13.1 Å². The van der Waals surface area contributed by atoms with Gasteiger partial charge in [-0.1, -0.05) is 18.6 Å². The summed E-state index contributed by atoms with van der Waals surface area (Å²) in [6.07, 6.45) is 4.61. The molecule has 0 unspecified atom stereocenters. The fourth-order valence-electron chi connectivity index (χ4n) is 3.02. The van der Waals surface area contributed by atoms with Crippen LogP contribution in [0.3, 0.4) is 0 Å². The van der Waals surface area contributed by atoms with Gasteiger partial charge in [-0.3, -0.25) is 9.59 Å². The Morgan fingerprint density at radius 1 is 1.09 bits per heavy atom. The number of carbonyl (C=O) groups is 2. The van der Waals surface area contributed by atoms with Gasteiger partial charge < -0.3 is 10.2 Å². The molecule has 0 aromatic heterocycles. The van der Waals surface area contributed by atoms with Crippen LogP contribution in [0.2, 0.25) is 0 Å². The van der Waals surface area contributed by atoms with Gasteiger partial charge in [0.2, 0.25) is 5.91 Å². The molecule has 5 heteroatoms. The number of halogens is 1. The van der Waals surface area contributed by atoms with Gasteiger partial charge in [0.1, 0.15) is 5.82 Å². The molecule has 1 aliphatic carbocycles. The number of likely N-dealkylation sites (tertiary alicyclic amines) is 1. The molecule has 1 saturated carbocycles. The summed E-state index contributed by atoms with van der Waals surface area (Å²) >= 11 is 0. The maximum absolute atomic E-state index is 13.7. The third-order valence-electron chi connectivity index (χ3n) is 4.71. The Morgan fingerprint density at radius 2 is 1.77 bits per heavy atom. The van der Waals surface area contributed by atoms with Crippen molar-refractivity contribution in [3.8, 4) is 0 Å². The lowest BCUT2D eigenvalue weighted by Gasteiger charge is -2.34. The molecule has 2 amide bonds. The lowest BCUT2D eigenvalue weighted by atomic mass is 9.84. The molecule has 1 aromatic carbocycles. The molecule has 0 bridgehead atoms. The van der Waals surface area contributed by atoms with Gasteiger partial charge in [0.15, 0.2) is 0 Å². The lowest BCUT2D eigenvalue weighted by molar-refractivity contribution is -0.128. The first kappa shape index (κ1) is 15.0. The molecule has 1 aliphatic heterocycles. The van der Waals surface area contributed by atoms with Crippen molar-refractivity contribution in [1.82, 2.24) is 10.2 Å². The minimum absolute atomic E-state index is 0.124. The molecular weight excluding hydrogens is 283 g/mol. The quantitative estimate of drug-likeness (QED) is 0.932. The number of hydrogen-bond donors (Lipinski definition) is 1. The number of benzene rings is 1. The van der Waals surface area contributed by atoms with Crippen LogP contribution in [0.5, 0.6) is 0 Å². The van der Waals surface area contributed by atoms with Crippen LogP contribution in [0.15, 0.2) is 24.3 Å². The molecule has 1 saturated heterocycles. The van der Waals surface area contributed by atoms with Gasteiger partial charge >= 0.3 is 0 Å². The minimum Gasteiger partial charge on any atom is -0.353 e. The van der Waals surface area contributed by atoms with E-state index in [9.17, 15) is 14.0 Å². The van der Waals surface area contributed by atoms with E-state index < -0.39 is 5.82 Å². The molecule has 0 atom stereocenters. The maximum Gasteiger partial charge on any atom is 0.256 e. The van der Waals surface area contributed by atoms with E-state index in [0.717, 1.165) is 32.1 Å².